The number of carbonyl (C=O) groups is 1. The molecule has 0 atom stereocenters. The van der Waals surface area contributed by atoms with Crippen molar-refractivity contribution in [1.82, 2.24) is 4.98 Å². The molecular weight excluding hydrogens is 381 g/mol. The second kappa shape index (κ2) is 5.34. The molecule has 1 fully saturated rings. The second-order valence-corrected chi connectivity index (χ2v) is 6.86. The van der Waals surface area contributed by atoms with Gasteiger partial charge in [-0.25, -0.2) is 4.98 Å². The van der Waals surface area contributed by atoms with Gasteiger partial charge in [-0.15, -0.1) is 11.3 Å². The third kappa shape index (κ3) is 2.89. The first kappa shape index (κ1) is 15.5. The van der Waals surface area contributed by atoms with E-state index < -0.39 is 17.3 Å². The Balaban J connectivity index is 1.79. The first-order chi connectivity index (χ1) is 10.3. The van der Waals surface area contributed by atoms with E-state index in [9.17, 15) is 18.0 Å². The lowest BCUT2D eigenvalue weighted by Gasteiger charge is -2.14. The van der Waals surface area contributed by atoms with E-state index in [0.29, 0.717) is 12.8 Å². The van der Waals surface area contributed by atoms with Crippen molar-refractivity contribution in [2.24, 2.45) is 0 Å². The molecule has 8 heteroatoms. The summed E-state index contributed by atoms with van der Waals surface area (Å²) >= 11 is 4.13. The normalized spacial score (nSPS) is 16.4. The molecule has 0 bridgehead atoms. The summed E-state index contributed by atoms with van der Waals surface area (Å²) in [6.07, 6.45) is -3.15. The Hall–Kier alpha value is -1.41. The molecule has 1 aromatic carbocycles. The Kier molecular flexibility index (Phi) is 3.76. The molecule has 1 aliphatic carbocycles. The zero-order chi connectivity index (χ0) is 16.0. The molecule has 1 heterocycles. The number of nitrogens with one attached hydrogen (secondary N) is 1. The smallest absolute Gasteiger partial charge is 0.301 e. The monoisotopic (exact) mass is 390 g/mol. The van der Waals surface area contributed by atoms with Crippen LogP contribution in [0.25, 0.3) is 0 Å². The third-order valence-electron chi connectivity index (χ3n) is 3.58. The summed E-state index contributed by atoms with van der Waals surface area (Å²) in [5, 5.41) is 3.38. The fourth-order valence-corrected chi connectivity index (χ4v) is 3.35. The van der Waals surface area contributed by atoms with E-state index in [4.69, 9.17) is 0 Å². The molecule has 0 spiro atoms. The van der Waals surface area contributed by atoms with E-state index in [1.807, 2.05) is 24.3 Å². The van der Waals surface area contributed by atoms with Crippen LogP contribution in [0.5, 0.6) is 0 Å². The molecule has 0 aliphatic heterocycles. The van der Waals surface area contributed by atoms with Crippen LogP contribution in [0.4, 0.5) is 18.3 Å². The van der Waals surface area contributed by atoms with Gasteiger partial charge in [0.25, 0.3) is 0 Å². The Morgan fingerprint density at radius 3 is 2.64 bits per heavy atom. The van der Waals surface area contributed by atoms with E-state index in [1.54, 1.807) is 0 Å². The standard InChI is InChI=1S/C14H10BrF3N2OS/c15-9-3-1-2-8(6-9)13(4-5-13)11(21)20-12-19-10(7-22-12)14(16,17)18/h1-3,6-7H,4-5H2,(H,19,20,21). The summed E-state index contributed by atoms with van der Waals surface area (Å²) in [4.78, 5) is 15.9. The van der Waals surface area contributed by atoms with Gasteiger partial charge in [0.2, 0.25) is 5.91 Å². The van der Waals surface area contributed by atoms with E-state index in [0.717, 1.165) is 26.8 Å². The number of nitrogens with zero attached hydrogens (tertiary/aromatic N) is 1. The van der Waals surface area contributed by atoms with Crippen LogP contribution in [0.2, 0.25) is 0 Å². The molecule has 1 aliphatic rings. The van der Waals surface area contributed by atoms with Gasteiger partial charge in [0.1, 0.15) is 0 Å². The van der Waals surface area contributed by atoms with Crippen LogP contribution in [0.15, 0.2) is 34.1 Å². The SMILES string of the molecule is O=C(Nc1nc(C(F)(F)F)cs1)C1(c2cccc(Br)c2)CC1. The van der Waals surface area contributed by atoms with Gasteiger partial charge in [-0.1, -0.05) is 28.1 Å². The van der Waals surface area contributed by atoms with Gasteiger partial charge in [-0.2, -0.15) is 13.2 Å². The summed E-state index contributed by atoms with van der Waals surface area (Å²) < 4.78 is 38.4. The average Bonchev–Trinajstić information content (AvgIpc) is 3.12. The summed E-state index contributed by atoms with van der Waals surface area (Å²) in [6.45, 7) is 0. The minimum atomic E-state index is -4.50. The number of hydrogen-bond acceptors (Lipinski definition) is 3. The summed E-state index contributed by atoms with van der Waals surface area (Å²) in [5.41, 5.74) is -0.791. The number of benzene rings is 1. The quantitative estimate of drug-likeness (QED) is 0.832. The van der Waals surface area contributed by atoms with Gasteiger partial charge in [0.05, 0.1) is 5.41 Å². The highest BCUT2D eigenvalue weighted by molar-refractivity contribution is 9.10. The van der Waals surface area contributed by atoms with Crippen LogP contribution in [-0.2, 0) is 16.4 Å². The first-order valence-corrected chi connectivity index (χ1v) is 8.09. The van der Waals surface area contributed by atoms with Gasteiger partial charge < -0.3 is 5.32 Å². The van der Waals surface area contributed by atoms with E-state index >= 15 is 0 Å². The molecule has 1 amide bonds. The van der Waals surface area contributed by atoms with Crippen molar-refractivity contribution < 1.29 is 18.0 Å². The van der Waals surface area contributed by atoms with Crippen LogP contribution in [0, 0.1) is 0 Å². The number of halogens is 4. The fourth-order valence-electron chi connectivity index (χ4n) is 2.24. The van der Waals surface area contributed by atoms with Crippen molar-refractivity contribution in [2.75, 3.05) is 5.32 Å². The molecule has 1 saturated carbocycles. The predicted molar refractivity (Wildman–Crippen MR) is 80.8 cm³/mol. The second-order valence-electron chi connectivity index (χ2n) is 5.08. The number of anilines is 1. The predicted octanol–water partition coefficient (Wildman–Crippen LogP) is 4.59. The molecule has 116 valence electrons. The van der Waals surface area contributed by atoms with E-state index in [1.165, 1.54) is 0 Å². The molecule has 22 heavy (non-hydrogen) atoms. The van der Waals surface area contributed by atoms with E-state index in [2.05, 4.69) is 26.2 Å². The molecule has 2 aromatic rings. The van der Waals surface area contributed by atoms with Crippen molar-refractivity contribution in [3.05, 3.63) is 45.4 Å². The first-order valence-electron chi connectivity index (χ1n) is 6.41. The van der Waals surface area contributed by atoms with Gasteiger partial charge in [-0.3, -0.25) is 4.79 Å². The average molecular weight is 391 g/mol. The summed E-state index contributed by atoms with van der Waals surface area (Å²) in [6, 6.07) is 7.39. The topological polar surface area (TPSA) is 42.0 Å². The maximum atomic E-state index is 12.5. The largest absolute Gasteiger partial charge is 0.434 e. The lowest BCUT2D eigenvalue weighted by molar-refractivity contribution is -0.140. The molecule has 1 N–H and O–H groups in total. The number of rotatable bonds is 3. The molecular formula is C14H10BrF3N2OS. The Labute approximate surface area is 136 Å². The highest BCUT2D eigenvalue weighted by Gasteiger charge is 2.51. The Morgan fingerprint density at radius 2 is 2.09 bits per heavy atom. The van der Waals surface area contributed by atoms with Crippen molar-refractivity contribution in [2.45, 2.75) is 24.4 Å². The van der Waals surface area contributed by atoms with Crippen LogP contribution in [-0.4, -0.2) is 10.9 Å². The lowest BCUT2D eigenvalue weighted by atomic mass is 9.95. The molecule has 0 saturated heterocycles. The summed E-state index contributed by atoms with van der Waals surface area (Å²) in [7, 11) is 0. The minimum Gasteiger partial charge on any atom is -0.301 e. The fraction of sp³-hybridized carbons (Fsp3) is 0.286. The minimum absolute atomic E-state index is 0.0291. The number of amides is 1. The number of carbonyl (C=O) groups excluding carboxylic acids is 1. The molecule has 3 nitrogen and oxygen atoms in total. The van der Waals surface area contributed by atoms with Crippen LogP contribution in [0.3, 0.4) is 0 Å². The van der Waals surface area contributed by atoms with Crippen LogP contribution < -0.4 is 5.32 Å². The van der Waals surface area contributed by atoms with E-state index in [-0.39, 0.29) is 11.0 Å². The highest BCUT2D eigenvalue weighted by atomic mass is 79.9. The maximum Gasteiger partial charge on any atom is 0.434 e. The van der Waals surface area contributed by atoms with Gasteiger partial charge in [0.15, 0.2) is 10.8 Å². The Morgan fingerprint density at radius 1 is 1.36 bits per heavy atom. The van der Waals surface area contributed by atoms with Gasteiger partial charge in [0, 0.05) is 9.85 Å². The van der Waals surface area contributed by atoms with Gasteiger partial charge in [-0.05, 0) is 30.5 Å². The molecule has 0 radical (unpaired) electrons. The molecule has 1 aromatic heterocycles. The van der Waals surface area contributed by atoms with Gasteiger partial charge >= 0.3 is 6.18 Å². The Bertz CT molecular complexity index is 725. The zero-order valence-corrected chi connectivity index (χ0v) is 13.5. The number of alkyl halides is 3. The van der Waals surface area contributed by atoms with Crippen molar-refractivity contribution in [3.8, 4) is 0 Å². The van der Waals surface area contributed by atoms with Crippen molar-refractivity contribution in [1.29, 1.82) is 0 Å². The molecule has 0 unspecified atom stereocenters. The zero-order valence-electron chi connectivity index (χ0n) is 11.1. The number of aromatic nitrogens is 1. The van der Waals surface area contributed by atoms with Crippen molar-refractivity contribution >= 4 is 38.3 Å². The highest BCUT2D eigenvalue weighted by Crippen LogP contribution is 2.49. The van der Waals surface area contributed by atoms with Crippen LogP contribution in [0.1, 0.15) is 24.1 Å². The maximum absolute atomic E-state index is 12.5. The van der Waals surface area contributed by atoms with Crippen LogP contribution >= 0.6 is 27.3 Å². The number of thiazole rings is 1. The molecule has 3 rings (SSSR count). The number of hydrogen-bond donors (Lipinski definition) is 1. The van der Waals surface area contributed by atoms with Crippen molar-refractivity contribution in [3.63, 3.8) is 0 Å². The summed E-state index contributed by atoms with van der Waals surface area (Å²) in [5.74, 6) is -0.311. The third-order valence-corrected chi connectivity index (χ3v) is 4.83. The lowest BCUT2D eigenvalue weighted by Crippen LogP contribution is -2.27.